The Hall–Kier alpha value is -1.96. The molecule has 22 heavy (non-hydrogen) atoms. The Morgan fingerprint density at radius 2 is 2.05 bits per heavy atom. The highest BCUT2D eigenvalue weighted by atomic mass is 35.5. The van der Waals surface area contributed by atoms with Crippen molar-refractivity contribution in [3.05, 3.63) is 41.0 Å². The van der Waals surface area contributed by atoms with E-state index in [9.17, 15) is 17.6 Å². The van der Waals surface area contributed by atoms with Gasteiger partial charge in [-0.25, -0.2) is 14.4 Å². The van der Waals surface area contributed by atoms with Gasteiger partial charge in [0.05, 0.1) is 18.1 Å². The minimum Gasteiger partial charge on any atom is -0.463 e. The Morgan fingerprint density at radius 1 is 1.41 bits per heavy atom. The van der Waals surface area contributed by atoms with Gasteiger partial charge in [0.25, 0.3) is 0 Å². The van der Waals surface area contributed by atoms with E-state index in [1.807, 2.05) is 0 Å². The van der Waals surface area contributed by atoms with Crippen molar-refractivity contribution in [1.82, 2.24) is 9.97 Å². The Bertz CT molecular complexity index is 596. The summed E-state index contributed by atoms with van der Waals surface area (Å²) in [5.41, 5.74) is 0.595. The first-order valence-corrected chi connectivity index (χ1v) is 6.29. The average molecular weight is 338 g/mol. The predicted octanol–water partition coefficient (Wildman–Crippen LogP) is 4.34. The van der Waals surface area contributed by atoms with Crippen molar-refractivity contribution >= 4 is 23.9 Å². The Kier molecular flexibility index (Phi) is 6.04. The fourth-order valence-electron chi connectivity index (χ4n) is 1.25. The summed E-state index contributed by atoms with van der Waals surface area (Å²) in [5, 5.41) is 0.156. The number of nitrogens with zero attached hydrogens (tertiary/aromatic N) is 3. The zero-order chi connectivity index (χ0) is 16.9. The van der Waals surface area contributed by atoms with Gasteiger partial charge in [-0.1, -0.05) is 11.6 Å². The lowest BCUT2D eigenvalue weighted by Gasteiger charge is -2.17. The van der Waals surface area contributed by atoms with Crippen molar-refractivity contribution in [3.8, 4) is 0 Å². The smallest absolute Gasteiger partial charge is 0.425 e. The fourth-order valence-corrected chi connectivity index (χ4v) is 1.34. The van der Waals surface area contributed by atoms with Crippen molar-refractivity contribution in [1.29, 1.82) is 0 Å². The highest BCUT2D eigenvalue weighted by Gasteiger charge is 2.38. The van der Waals surface area contributed by atoms with Gasteiger partial charge < -0.3 is 4.74 Å². The molecule has 9 heteroatoms. The predicted molar refractivity (Wildman–Crippen MR) is 75.0 cm³/mol. The first-order chi connectivity index (χ1) is 10.1. The van der Waals surface area contributed by atoms with E-state index in [4.69, 9.17) is 11.6 Å². The van der Waals surface area contributed by atoms with Crippen LogP contribution in [0.5, 0.6) is 0 Å². The van der Waals surface area contributed by atoms with Crippen LogP contribution >= 0.6 is 11.6 Å². The first kappa shape index (κ1) is 18.1. The van der Waals surface area contributed by atoms with Gasteiger partial charge in [0, 0.05) is 0 Å². The second-order valence-electron chi connectivity index (χ2n) is 4.16. The lowest BCUT2D eigenvalue weighted by atomic mass is 10.2. The molecule has 4 nitrogen and oxygen atoms in total. The van der Waals surface area contributed by atoms with E-state index >= 15 is 0 Å². The molecule has 0 aliphatic rings. The standard InChI is InChI=1S/C13H12ClF4N3O/c1-7(10-5-21-11(14)6-20-10)4-9(15)12(19-3)22-8(2)13(16,17)18/h4-6,8H,3H2,1-2H3/b7-4+,12-9-/t8-/m0/s1. The monoisotopic (exact) mass is 337 g/mol. The van der Waals surface area contributed by atoms with Crippen LogP contribution in [0, 0.1) is 0 Å². The molecule has 1 aromatic rings. The van der Waals surface area contributed by atoms with Crippen LogP contribution in [-0.4, -0.2) is 29.0 Å². The van der Waals surface area contributed by atoms with Gasteiger partial charge in [-0.2, -0.15) is 13.2 Å². The van der Waals surface area contributed by atoms with Crippen LogP contribution in [0.15, 0.2) is 35.2 Å². The number of hydrogen-bond acceptors (Lipinski definition) is 4. The number of aromatic nitrogens is 2. The van der Waals surface area contributed by atoms with Gasteiger partial charge in [0.1, 0.15) is 5.15 Å². The molecule has 1 atom stereocenters. The number of hydrogen-bond donors (Lipinski definition) is 0. The Balaban J connectivity index is 3.03. The van der Waals surface area contributed by atoms with E-state index < -0.39 is 24.0 Å². The van der Waals surface area contributed by atoms with Crippen LogP contribution in [0.25, 0.3) is 5.57 Å². The zero-order valence-electron chi connectivity index (χ0n) is 11.7. The molecule has 0 saturated heterocycles. The van der Waals surface area contributed by atoms with E-state index in [1.165, 1.54) is 19.3 Å². The Morgan fingerprint density at radius 3 is 2.50 bits per heavy atom. The molecule has 1 rings (SSSR count). The highest BCUT2D eigenvalue weighted by Crippen LogP contribution is 2.26. The summed E-state index contributed by atoms with van der Waals surface area (Å²) in [6, 6.07) is 0. The van der Waals surface area contributed by atoms with Crippen LogP contribution in [0.3, 0.4) is 0 Å². The Labute approximate surface area is 129 Å². The van der Waals surface area contributed by atoms with Crippen LogP contribution in [0.4, 0.5) is 17.6 Å². The molecule has 0 aromatic carbocycles. The second kappa shape index (κ2) is 7.35. The molecule has 0 spiro atoms. The lowest BCUT2D eigenvalue weighted by Crippen LogP contribution is -2.28. The summed E-state index contributed by atoms with van der Waals surface area (Å²) in [5.74, 6) is -1.97. The van der Waals surface area contributed by atoms with Crippen LogP contribution in [0.1, 0.15) is 19.5 Å². The molecule has 0 unspecified atom stereocenters. The summed E-state index contributed by atoms with van der Waals surface area (Å²) in [6.07, 6.45) is -3.39. The number of aliphatic imine (C=N–C) groups is 1. The largest absolute Gasteiger partial charge is 0.463 e. The molecule has 0 fully saturated rings. The third-order valence-electron chi connectivity index (χ3n) is 2.46. The summed E-state index contributed by atoms with van der Waals surface area (Å²) in [7, 11) is 0. The van der Waals surface area contributed by atoms with Crippen molar-refractivity contribution < 1.29 is 22.3 Å². The minimum absolute atomic E-state index is 0.156. The van der Waals surface area contributed by atoms with Crippen LogP contribution in [-0.2, 0) is 4.74 Å². The first-order valence-electron chi connectivity index (χ1n) is 5.91. The maximum Gasteiger partial charge on any atom is 0.425 e. The molecule has 120 valence electrons. The van der Waals surface area contributed by atoms with E-state index in [0.717, 1.165) is 13.0 Å². The molecule has 1 aromatic heterocycles. The van der Waals surface area contributed by atoms with Gasteiger partial charge >= 0.3 is 6.18 Å². The second-order valence-corrected chi connectivity index (χ2v) is 4.55. The average Bonchev–Trinajstić information content (AvgIpc) is 2.43. The molecule has 1 heterocycles. The summed E-state index contributed by atoms with van der Waals surface area (Å²) < 4.78 is 55.6. The summed E-state index contributed by atoms with van der Waals surface area (Å²) in [4.78, 5) is 10.8. The van der Waals surface area contributed by atoms with Gasteiger partial charge in [0.2, 0.25) is 5.88 Å². The van der Waals surface area contributed by atoms with E-state index in [-0.39, 0.29) is 5.15 Å². The number of rotatable bonds is 5. The molecule has 0 aliphatic heterocycles. The molecular formula is C13H12ClF4N3O. The number of alkyl halides is 3. The summed E-state index contributed by atoms with van der Waals surface area (Å²) >= 11 is 5.57. The lowest BCUT2D eigenvalue weighted by molar-refractivity contribution is -0.203. The van der Waals surface area contributed by atoms with Crippen molar-refractivity contribution in [2.24, 2.45) is 4.99 Å². The van der Waals surface area contributed by atoms with E-state index in [0.29, 0.717) is 11.3 Å². The normalized spacial score (nSPS) is 15.1. The quantitative estimate of drug-likeness (QED) is 0.347. The van der Waals surface area contributed by atoms with Crippen molar-refractivity contribution in [3.63, 3.8) is 0 Å². The van der Waals surface area contributed by atoms with E-state index in [2.05, 4.69) is 26.4 Å². The maximum atomic E-state index is 13.9. The minimum atomic E-state index is -4.64. The molecule has 0 amide bonds. The van der Waals surface area contributed by atoms with Gasteiger partial charge in [-0.3, -0.25) is 4.98 Å². The van der Waals surface area contributed by atoms with Crippen LogP contribution < -0.4 is 0 Å². The summed E-state index contributed by atoms with van der Waals surface area (Å²) in [6.45, 7) is 5.22. The van der Waals surface area contributed by atoms with Gasteiger partial charge in [-0.05, 0) is 32.2 Å². The highest BCUT2D eigenvalue weighted by molar-refractivity contribution is 6.29. The van der Waals surface area contributed by atoms with Crippen LogP contribution in [0.2, 0.25) is 5.15 Å². The SMILES string of the molecule is C=N/C(O[C@@H](C)C(F)(F)F)=C(F)\C=C(/C)c1cnc(Cl)cn1. The fraction of sp³-hybridized carbons (Fsp3) is 0.308. The van der Waals surface area contributed by atoms with Crippen molar-refractivity contribution in [2.75, 3.05) is 0 Å². The van der Waals surface area contributed by atoms with Gasteiger partial charge in [0.15, 0.2) is 11.9 Å². The van der Waals surface area contributed by atoms with E-state index in [1.54, 1.807) is 0 Å². The van der Waals surface area contributed by atoms with Crippen molar-refractivity contribution in [2.45, 2.75) is 26.1 Å². The maximum absolute atomic E-state index is 13.9. The number of allylic oxidation sites excluding steroid dienone is 3. The number of ether oxygens (including phenoxy) is 1. The molecule has 0 saturated carbocycles. The molecule has 0 aliphatic carbocycles. The zero-order valence-corrected chi connectivity index (χ0v) is 12.4. The molecular weight excluding hydrogens is 326 g/mol. The third kappa shape index (κ3) is 5.10. The van der Waals surface area contributed by atoms with Gasteiger partial charge in [-0.15, -0.1) is 0 Å². The molecule has 0 N–H and O–H groups in total. The topological polar surface area (TPSA) is 47.4 Å². The molecule has 0 radical (unpaired) electrons. The molecule has 0 bridgehead atoms. The number of halogens is 5. The third-order valence-corrected chi connectivity index (χ3v) is 2.66.